The molecule has 8 nitrogen and oxygen atoms in total. The van der Waals surface area contributed by atoms with E-state index < -0.39 is 16.7 Å². The summed E-state index contributed by atoms with van der Waals surface area (Å²) >= 11 is 0.984. The molecular formula is C15H15N3O5S. The zero-order valence-corrected chi connectivity index (χ0v) is 13.8. The average Bonchev–Trinajstić information content (AvgIpc) is 2.95. The first-order valence-electron chi connectivity index (χ1n) is 7.00. The maximum atomic E-state index is 12.0. The maximum Gasteiger partial charge on any atom is 0.283 e. The number of ether oxygens (including phenoxy) is 1. The molecular weight excluding hydrogens is 334 g/mol. The fourth-order valence-corrected chi connectivity index (χ4v) is 2.76. The second-order valence-corrected chi connectivity index (χ2v) is 5.93. The van der Waals surface area contributed by atoms with Gasteiger partial charge in [0.15, 0.2) is 0 Å². The number of hydrazine groups is 1. The third-order valence-electron chi connectivity index (χ3n) is 3.03. The summed E-state index contributed by atoms with van der Waals surface area (Å²) in [5.41, 5.74) is 4.72. The molecule has 0 spiro atoms. The molecule has 0 radical (unpaired) electrons. The topological polar surface area (TPSA) is 111 Å². The largest absolute Gasteiger partial charge is 0.494 e. The Bertz CT molecular complexity index is 770. The van der Waals surface area contributed by atoms with E-state index in [0.717, 1.165) is 11.3 Å². The van der Waals surface area contributed by atoms with Crippen molar-refractivity contribution in [1.29, 1.82) is 0 Å². The van der Waals surface area contributed by atoms with Gasteiger partial charge in [-0.25, -0.2) is 0 Å². The number of hydrogen-bond acceptors (Lipinski definition) is 6. The molecule has 2 rings (SSSR count). The van der Waals surface area contributed by atoms with Crippen LogP contribution in [0.1, 0.15) is 31.8 Å². The Balaban J connectivity index is 1.97. The monoisotopic (exact) mass is 349 g/mol. The van der Waals surface area contributed by atoms with E-state index in [2.05, 4.69) is 10.9 Å². The summed E-state index contributed by atoms with van der Waals surface area (Å²) in [5, 5.41) is 10.8. The lowest BCUT2D eigenvalue weighted by atomic mass is 10.2. The fraction of sp³-hybridized carbons (Fsp3) is 0.200. The molecule has 0 saturated heterocycles. The predicted octanol–water partition coefficient (Wildman–Crippen LogP) is 2.44. The summed E-state index contributed by atoms with van der Waals surface area (Å²) in [6, 6.07) is 7.59. The smallest absolute Gasteiger partial charge is 0.283 e. The molecule has 0 aliphatic heterocycles. The number of thiophene rings is 1. The highest BCUT2D eigenvalue weighted by atomic mass is 32.1. The number of nitrogens with zero attached hydrogens (tertiary/aromatic N) is 1. The number of nitrogens with one attached hydrogen (secondary N) is 2. The highest BCUT2D eigenvalue weighted by Gasteiger charge is 2.19. The first-order chi connectivity index (χ1) is 11.4. The van der Waals surface area contributed by atoms with Gasteiger partial charge in [0.05, 0.1) is 16.4 Å². The zero-order chi connectivity index (χ0) is 17.7. The van der Waals surface area contributed by atoms with Gasteiger partial charge in [-0.05, 0) is 38.1 Å². The molecule has 0 aliphatic carbocycles. The second-order valence-electron chi connectivity index (χ2n) is 4.67. The van der Waals surface area contributed by atoms with Crippen LogP contribution >= 0.6 is 11.3 Å². The third-order valence-corrected chi connectivity index (χ3v) is 4.07. The van der Waals surface area contributed by atoms with Crippen molar-refractivity contribution in [1.82, 2.24) is 10.9 Å². The van der Waals surface area contributed by atoms with E-state index in [4.69, 9.17) is 4.74 Å². The lowest BCUT2D eigenvalue weighted by Crippen LogP contribution is -2.41. The van der Waals surface area contributed by atoms with E-state index in [1.807, 2.05) is 6.92 Å². The Kier molecular flexibility index (Phi) is 5.48. The first kappa shape index (κ1) is 17.4. The Morgan fingerprint density at radius 1 is 1.21 bits per heavy atom. The number of nitro groups is 1. The Morgan fingerprint density at radius 2 is 1.83 bits per heavy atom. The summed E-state index contributed by atoms with van der Waals surface area (Å²) in [4.78, 5) is 34.7. The lowest BCUT2D eigenvalue weighted by molar-refractivity contribution is -0.385. The van der Waals surface area contributed by atoms with E-state index >= 15 is 0 Å². The van der Waals surface area contributed by atoms with Crippen LogP contribution in [0.15, 0.2) is 30.3 Å². The van der Waals surface area contributed by atoms with Gasteiger partial charge in [0, 0.05) is 11.6 Å². The van der Waals surface area contributed by atoms with Crippen molar-refractivity contribution in [2.75, 3.05) is 6.61 Å². The molecule has 1 aromatic heterocycles. The molecule has 126 valence electrons. The number of carbonyl (C=O) groups is 2. The minimum atomic E-state index is -0.615. The quantitative estimate of drug-likeness (QED) is 0.636. The second kappa shape index (κ2) is 7.55. The number of aryl methyl sites for hydroxylation is 1. The van der Waals surface area contributed by atoms with Crippen LogP contribution in [0.2, 0.25) is 0 Å². The average molecular weight is 349 g/mol. The van der Waals surface area contributed by atoms with Gasteiger partial charge in [-0.3, -0.25) is 30.6 Å². The van der Waals surface area contributed by atoms with E-state index in [9.17, 15) is 19.7 Å². The van der Waals surface area contributed by atoms with Crippen LogP contribution in [0.4, 0.5) is 5.69 Å². The molecule has 0 unspecified atom stereocenters. The van der Waals surface area contributed by atoms with Crippen LogP contribution in [-0.2, 0) is 0 Å². The Labute approximate surface area is 141 Å². The molecule has 0 fully saturated rings. The van der Waals surface area contributed by atoms with E-state index in [1.54, 1.807) is 31.2 Å². The molecule has 2 N–H and O–H groups in total. The number of amides is 2. The highest BCUT2D eigenvalue weighted by molar-refractivity contribution is 7.14. The van der Waals surface area contributed by atoms with Crippen LogP contribution in [0.3, 0.4) is 0 Å². The van der Waals surface area contributed by atoms with Gasteiger partial charge >= 0.3 is 0 Å². The standard InChI is InChI=1S/C15H15N3O5S/c1-3-23-11-6-4-10(5-7-11)14(19)16-17-15(20)13-8-12(18(21)22)9(2)24-13/h4-8H,3H2,1-2H3,(H,16,19)(H,17,20). The molecule has 0 atom stereocenters. The summed E-state index contributed by atoms with van der Waals surface area (Å²) in [6.45, 7) is 3.93. The number of benzene rings is 1. The summed E-state index contributed by atoms with van der Waals surface area (Å²) < 4.78 is 5.27. The number of hydrogen-bond donors (Lipinski definition) is 2. The van der Waals surface area contributed by atoms with Gasteiger partial charge in [0.25, 0.3) is 17.5 Å². The normalized spacial score (nSPS) is 10.1. The van der Waals surface area contributed by atoms with Gasteiger partial charge in [-0.2, -0.15) is 0 Å². The summed E-state index contributed by atoms with van der Waals surface area (Å²) in [5.74, 6) is -0.482. The van der Waals surface area contributed by atoms with Crippen molar-refractivity contribution in [3.05, 3.63) is 55.8 Å². The Morgan fingerprint density at radius 3 is 2.38 bits per heavy atom. The van der Waals surface area contributed by atoms with Crippen LogP contribution < -0.4 is 15.6 Å². The fourth-order valence-electron chi connectivity index (χ4n) is 1.88. The van der Waals surface area contributed by atoms with Crippen LogP contribution in [0, 0.1) is 17.0 Å². The van der Waals surface area contributed by atoms with E-state index in [-0.39, 0.29) is 10.6 Å². The molecule has 2 amide bonds. The van der Waals surface area contributed by atoms with E-state index in [0.29, 0.717) is 22.8 Å². The minimum Gasteiger partial charge on any atom is -0.494 e. The summed E-state index contributed by atoms with van der Waals surface area (Å²) in [6.07, 6.45) is 0. The van der Waals surface area contributed by atoms with Crippen LogP contribution in [0.25, 0.3) is 0 Å². The maximum absolute atomic E-state index is 12.0. The molecule has 1 aromatic carbocycles. The van der Waals surface area contributed by atoms with Crippen molar-refractivity contribution >= 4 is 28.8 Å². The molecule has 2 aromatic rings. The summed E-state index contributed by atoms with van der Waals surface area (Å²) in [7, 11) is 0. The van der Waals surface area contributed by atoms with Crippen LogP contribution in [-0.4, -0.2) is 23.3 Å². The van der Waals surface area contributed by atoms with Crippen molar-refractivity contribution in [3.8, 4) is 5.75 Å². The van der Waals surface area contributed by atoms with Gasteiger partial charge in [0.1, 0.15) is 10.6 Å². The molecule has 0 bridgehead atoms. The van der Waals surface area contributed by atoms with Crippen molar-refractivity contribution < 1.29 is 19.2 Å². The van der Waals surface area contributed by atoms with Crippen molar-refractivity contribution in [3.63, 3.8) is 0 Å². The minimum absolute atomic E-state index is 0.122. The van der Waals surface area contributed by atoms with Gasteiger partial charge < -0.3 is 4.74 Å². The van der Waals surface area contributed by atoms with Crippen molar-refractivity contribution in [2.45, 2.75) is 13.8 Å². The number of carbonyl (C=O) groups excluding carboxylic acids is 2. The SMILES string of the molecule is CCOc1ccc(C(=O)NNC(=O)c2cc([N+](=O)[O-])c(C)s2)cc1. The van der Waals surface area contributed by atoms with Gasteiger partial charge in [0.2, 0.25) is 0 Å². The third kappa shape index (κ3) is 4.07. The van der Waals surface area contributed by atoms with Gasteiger partial charge in [-0.1, -0.05) is 0 Å². The molecule has 0 aliphatic rings. The molecule has 24 heavy (non-hydrogen) atoms. The van der Waals surface area contributed by atoms with Crippen LogP contribution in [0.5, 0.6) is 5.75 Å². The van der Waals surface area contributed by atoms with E-state index in [1.165, 1.54) is 6.07 Å². The highest BCUT2D eigenvalue weighted by Crippen LogP contribution is 2.27. The van der Waals surface area contributed by atoms with Gasteiger partial charge in [-0.15, -0.1) is 11.3 Å². The zero-order valence-electron chi connectivity index (χ0n) is 13.0. The first-order valence-corrected chi connectivity index (χ1v) is 7.82. The number of rotatable bonds is 5. The molecule has 9 heteroatoms. The predicted molar refractivity (Wildman–Crippen MR) is 88.3 cm³/mol. The Hall–Kier alpha value is -2.94. The molecule has 0 saturated carbocycles. The van der Waals surface area contributed by atoms with Crippen molar-refractivity contribution in [2.24, 2.45) is 0 Å². The lowest BCUT2D eigenvalue weighted by Gasteiger charge is -2.07. The molecule has 1 heterocycles.